The third-order valence-electron chi connectivity index (χ3n) is 3.37. The summed E-state index contributed by atoms with van der Waals surface area (Å²) in [5.74, 6) is -0.376. The fourth-order valence-corrected chi connectivity index (χ4v) is 2.38. The standard InChI is InChI=1S/C15H24N2O3/c1-15(2,3)20-11-10-19-14(18)13-8-9-17(16-13)12-6-4-5-7-12/h8-9,12H,4-7,10-11H2,1-3H3. The second-order valence-electron chi connectivity index (χ2n) is 6.22. The van der Waals surface area contributed by atoms with Crippen LogP contribution in [0, 0.1) is 0 Å². The number of aromatic nitrogens is 2. The molecule has 0 amide bonds. The highest BCUT2D eigenvalue weighted by molar-refractivity contribution is 5.87. The first-order valence-electron chi connectivity index (χ1n) is 7.32. The van der Waals surface area contributed by atoms with Crippen molar-refractivity contribution in [1.29, 1.82) is 0 Å². The molecule has 1 aromatic heterocycles. The van der Waals surface area contributed by atoms with E-state index >= 15 is 0 Å². The van der Waals surface area contributed by atoms with E-state index in [9.17, 15) is 4.79 Å². The largest absolute Gasteiger partial charge is 0.458 e. The summed E-state index contributed by atoms with van der Waals surface area (Å²) in [4.78, 5) is 11.8. The van der Waals surface area contributed by atoms with Crippen LogP contribution in [-0.4, -0.2) is 34.6 Å². The minimum absolute atomic E-state index is 0.212. The summed E-state index contributed by atoms with van der Waals surface area (Å²) in [5, 5.41) is 4.32. The van der Waals surface area contributed by atoms with Gasteiger partial charge in [0.05, 0.1) is 18.2 Å². The van der Waals surface area contributed by atoms with Crippen molar-refractivity contribution in [3.8, 4) is 0 Å². The molecule has 0 unspecified atom stereocenters. The zero-order valence-electron chi connectivity index (χ0n) is 12.6. The Morgan fingerprint density at radius 2 is 2.05 bits per heavy atom. The highest BCUT2D eigenvalue weighted by atomic mass is 16.6. The lowest BCUT2D eigenvalue weighted by Crippen LogP contribution is -2.22. The molecule has 0 spiro atoms. The number of carbonyl (C=O) groups excluding carboxylic acids is 1. The van der Waals surface area contributed by atoms with Crippen molar-refractivity contribution in [3.05, 3.63) is 18.0 Å². The third kappa shape index (κ3) is 4.34. The molecule has 5 heteroatoms. The topological polar surface area (TPSA) is 53.4 Å². The first-order valence-corrected chi connectivity index (χ1v) is 7.32. The molecule has 0 N–H and O–H groups in total. The van der Waals surface area contributed by atoms with Gasteiger partial charge in [0.25, 0.3) is 0 Å². The van der Waals surface area contributed by atoms with Crippen LogP contribution in [0.3, 0.4) is 0 Å². The molecule has 0 atom stereocenters. The number of hydrogen-bond acceptors (Lipinski definition) is 4. The Balaban J connectivity index is 1.78. The van der Waals surface area contributed by atoms with Crippen molar-refractivity contribution in [2.24, 2.45) is 0 Å². The van der Waals surface area contributed by atoms with E-state index in [0.29, 0.717) is 18.3 Å². The van der Waals surface area contributed by atoms with Crippen molar-refractivity contribution in [2.45, 2.75) is 58.1 Å². The molecule has 1 aromatic rings. The molecule has 0 radical (unpaired) electrons. The molecule has 112 valence electrons. The van der Waals surface area contributed by atoms with Gasteiger partial charge in [0.2, 0.25) is 0 Å². The number of rotatable bonds is 5. The van der Waals surface area contributed by atoms with Crippen LogP contribution in [0.25, 0.3) is 0 Å². The van der Waals surface area contributed by atoms with Crippen molar-refractivity contribution >= 4 is 5.97 Å². The fraction of sp³-hybridized carbons (Fsp3) is 0.733. The summed E-state index contributed by atoms with van der Waals surface area (Å²) in [6, 6.07) is 2.17. The van der Waals surface area contributed by atoms with Crippen molar-refractivity contribution < 1.29 is 14.3 Å². The van der Waals surface area contributed by atoms with Crippen LogP contribution in [0.4, 0.5) is 0 Å². The van der Waals surface area contributed by atoms with Crippen LogP contribution >= 0.6 is 0 Å². The lowest BCUT2D eigenvalue weighted by molar-refractivity contribution is -0.0283. The van der Waals surface area contributed by atoms with E-state index in [0.717, 1.165) is 12.8 Å². The predicted octanol–water partition coefficient (Wildman–Crippen LogP) is 2.97. The van der Waals surface area contributed by atoms with E-state index < -0.39 is 0 Å². The molecular formula is C15H24N2O3. The van der Waals surface area contributed by atoms with Gasteiger partial charge in [-0.3, -0.25) is 4.68 Å². The van der Waals surface area contributed by atoms with Gasteiger partial charge in [-0.05, 0) is 39.7 Å². The van der Waals surface area contributed by atoms with Gasteiger partial charge < -0.3 is 9.47 Å². The second kappa shape index (κ2) is 6.39. The molecule has 1 saturated carbocycles. The molecule has 1 fully saturated rings. The van der Waals surface area contributed by atoms with Gasteiger partial charge in [0.1, 0.15) is 6.61 Å². The molecule has 5 nitrogen and oxygen atoms in total. The number of hydrogen-bond donors (Lipinski definition) is 0. The average molecular weight is 280 g/mol. The van der Waals surface area contributed by atoms with E-state index in [1.54, 1.807) is 6.07 Å². The molecule has 0 aliphatic heterocycles. The number of nitrogens with zero attached hydrogens (tertiary/aromatic N) is 2. The minimum atomic E-state index is -0.376. The van der Waals surface area contributed by atoms with Gasteiger partial charge in [-0.25, -0.2) is 4.79 Å². The van der Waals surface area contributed by atoms with E-state index in [-0.39, 0.29) is 18.2 Å². The Kier molecular flexibility index (Phi) is 4.81. The Labute approximate surface area is 120 Å². The molecule has 0 aromatic carbocycles. The van der Waals surface area contributed by atoms with Crippen molar-refractivity contribution in [2.75, 3.05) is 13.2 Å². The van der Waals surface area contributed by atoms with Crippen molar-refractivity contribution in [1.82, 2.24) is 9.78 Å². The van der Waals surface area contributed by atoms with Crippen LogP contribution in [-0.2, 0) is 9.47 Å². The summed E-state index contributed by atoms with van der Waals surface area (Å²) < 4.78 is 12.6. The van der Waals surface area contributed by atoms with E-state index in [1.165, 1.54) is 12.8 Å². The number of ether oxygens (including phenoxy) is 2. The summed E-state index contributed by atoms with van der Waals surface area (Å²) >= 11 is 0. The lowest BCUT2D eigenvalue weighted by atomic mass is 10.2. The Hall–Kier alpha value is -1.36. The summed E-state index contributed by atoms with van der Waals surface area (Å²) in [6.07, 6.45) is 6.66. The van der Waals surface area contributed by atoms with Gasteiger partial charge in [0, 0.05) is 6.20 Å². The smallest absolute Gasteiger partial charge is 0.358 e. The molecule has 20 heavy (non-hydrogen) atoms. The lowest BCUT2D eigenvalue weighted by Gasteiger charge is -2.19. The Bertz CT molecular complexity index is 442. The van der Waals surface area contributed by atoms with Gasteiger partial charge in [-0.15, -0.1) is 0 Å². The first-order chi connectivity index (χ1) is 9.46. The molecule has 0 bridgehead atoms. The maximum absolute atomic E-state index is 11.8. The molecular weight excluding hydrogens is 256 g/mol. The minimum Gasteiger partial charge on any atom is -0.458 e. The van der Waals surface area contributed by atoms with E-state index in [4.69, 9.17) is 9.47 Å². The van der Waals surface area contributed by atoms with Gasteiger partial charge in [-0.2, -0.15) is 5.10 Å². The van der Waals surface area contributed by atoms with Crippen LogP contribution in [0.15, 0.2) is 12.3 Å². The third-order valence-corrected chi connectivity index (χ3v) is 3.37. The second-order valence-corrected chi connectivity index (χ2v) is 6.22. The van der Waals surface area contributed by atoms with Gasteiger partial charge >= 0.3 is 5.97 Å². The van der Waals surface area contributed by atoms with Crippen molar-refractivity contribution in [3.63, 3.8) is 0 Å². The summed E-state index contributed by atoms with van der Waals surface area (Å²) in [6.45, 7) is 6.57. The van der Waals surface area contributed by atoms with E-state index in [2.05, 4.69) is 5.10 Å². The summed E-state index contributed by atoms with van der Waals surface area (Å²) in [5.41, 5.74) is 0.170. The average Bonchev–Trinajstić information content (AvgIpc) is 3.02. The molecule has 1 aliphatic carbocycles. The Morgan fingerprint density at radius 3 is 2.70 bits per heavy atom. The van der Waals surface area contributed by atoms with E-state index in [1.807, 2.05) is 31.6 Å². The molecule has 2 rings (SSSR count). The zero-order valence-corrected chi connectivity index (χ0v) is 12.6. The molecule has 0 saturated heterocycles. The van der Waals surface area contributed by atoms with Gasteiger partial charge in [-0.1, -0.05) is 12.8 Å². The van der Waals surface area contributed by atoms with Gasteiger partial charge in [0.15, 0.2) is 5.69 Å². The zero-order chi connectivity index (χ0) is 14.6. The number of esters is 1. The fourth-order valence-electron chi connectivity index (χ4n) is 2.38. The predicted molar refractivity (Wildman–Crippen MR) is 75.7 cm³/mol. The highest BCUT2D eigenvalue weighted by Gasteiger charge is 2.19. The normalized spacial score (nSPS) is 16.6. The molecule has 1 heterocycles. The maximum atomic E-state index is 11.8. The Morgan fingerprint density at radius 1 is 1.35 bits per heavy atom. The monoisotopic (exact) mass is 280 g/mol. The van der Waals surface area contributed by atoms with Crippen LogP contribution in [0.1, 0.15) is 63.0 Å². The molecule has 1 aliphatic rings. The first kappa shape index (κ1) is 15.0. The van der Waals surface area contributed by atoms with Crippen LogP contribution in [0.5, 0.6) is 0 Å². The summed E-state index contributed by atoms with van der Waals surface area (Å²) in [7, 11) is 0. The van der Waals surface area contributed by atoms with Crippen LogP contribution < -0.4 is 0 Å². The SMILES string of the molecule is CC(C)(C)OCCOC(=O)c1ccn(C2CCCC2)n1. The quantitative estimate of drug-likeness (QED) is 0.614. The number of carbonyl (C=O) groups is 1. The highest BCUT2D eigenvalue weighted by Crippen LogP contribution is 2.28. The van der Waals surface area contributed by atoms with Crippen LogP contribution in [0.2, 0.25) is 0 Å². The maximum Gasteiger partial charge on any atom is 0.358 e.